The van der Waals surface area contributed by atoms with Crippen molar-refractivity contribution in [3.63, 3.8) is 0 Å². The maximum Gasteiger partial charge on any atom is 0.434 e. The van der Waals surface area contributed by atoms with Crippen molar-refractivity contribution >= 4 is 11.7 Å². The molecule has 6 nitrogen and oxygen atoms in total. The number of rotatable bonds is 3. The molecule has 0 atom stereocenters. The van der Waals surface area contributed by atoms with E-state index in [9.17, 15) is 31.1 Å². The number of nitrogens with one attached hydrogen (secondary N) is 1. The van der Waals surface area contributed by atoms with Crippen LogP contribution in [0.2, 0.25) is 0 Å². The summed E-state index contributed by atoms with van der Waals surface area (Å²) >= 11 is 0. The minimum Gasteiger partial charge on any atom is -0.306 e. The number of amides is 1. The van der Waals surface area contributed by atoms with Gasteiger partial charge in [-0.25, -0.2) is 14.6 Å². The molecule has 0 saturated carbocycles. The molecule has 0 aromatic carbocycles. The molecular formula is C17H11F6N5O. The van der Waals surface area contributed by atoms with Crippen LogP contribution in [0.25, 0.3) is 5.82 Å². The van der Waals surface area contributed by atoms with Crippen molar-refractivity contribution in [3.8, 4) is 5.82 Å². The Morgan fingerprint density at radius 2 is 1.72 bits per heavy atom. The predicted molar refractivity (Wildman–Crippen MR) is 88.3 cm³/mol. The van der Waals surface area contributed by atoms with Crippen LogP contribution in [0, 0.1) is 6.92 Å². The molecule has 1 N–H and O–H groups in total. The predicted octanol–water partition coefficient (Wildman–Crippen LogP) is 4.26. The van der Waals surface area contributed by atoms with Gasteiger partial charge in [0.05, 0.1) is 17.3 Å². The van der Waals surface area contributed by atoms with Gasteiger partial charge in [0.2, 0.25) is 0 Å². The van der Waals surface area contributed by atoms with Gasteiger partial charge in [-0.05, 0) is 31.2 Å². The highest BCUT2D eigenvalue weighted by Crippen LogP contribution is 2.34. The standard InChI is InChI=1S/C17H11F6N5O/c1-9-3-2-4-12(26-9)27-15(29)11-8-25-28(14(11)17(21,22)23)13-6-5-10(7-24-13)16(18,19)20/h2-8H,1H3,(H,26,27,29). The molecule has 12 heteroatoms. The highest BCUT2D eigenvalue weighted by molar-refractivity contribution is 6.04. The van der Waals surface area contributed by atoms with Crippen LogP contribution in [-0.2, 0) is 12.4 Å². The molecule has 0 radical (unpaired) electrons. The molecule has 3 heterocycles. The maximum atomic E-state index is 13.6. The van der Waals surface area contributed by atoms with Crippen LogP contribution in [-0.4, -0.2) is 25.7 Å². The van der Waals surface area contributed by atoms with E-state index in [0.717, 1.165) is 6.07 Å². The zero-order valence-electron chi connectivity index (χ0n) is 14.5. The van der Waals surface area contributed by atoms with Gasteiger partial charge in [0, 0.05) is 11.9 Å². The van der Waals surface area contributed by atoms with Crippen LogP contribution >= 0.6 is 0 Å². The number of carbonyl (C=O) groups is 1. The van der Waals surface area contributed by atoms with Crippen LogP contribution in [0.4, 0.5) is 32.2 Å². The Kier molecular flexibility index (Phi) is 5.03. The van der Waals surface area contributed by atoms with Crippen LogP contribution in [0.3, 0.4) is 0 Å². The Morgan fingerprint density at radius 3 is 2.28 bits per heavy atom. The number of anilines is 1. The van der Waals surface area contributed by atoms with E-state index in [0.29, 0.717) is 24.2 Å². The number of nitrogens with zero attached hydrogens (tertiary/aromatic N) is 4. The Balaban J connectivity index is 2.00. The number of hydrogen-bond acceptors (Lipinski definition) is 4. The summed E-state index contributed by atoms with van der Waals surface area (Å²) in [6, 6.07) is 5.87. The van der Waals surface area contributed by atoms with Crippen LogP contribution in [0.1, 0.15) is 27.3 Å². The van der Waals surface area contributed by atoms with Gasteiger partial charge in [-0.3, -0.25) is 4.79 Å². The summed E-state index contributed by atoms with van der Waals surface area (Å²) in [5.74, 6) is -1.63. The maximum absolute atomic E-state index is 13.6. The normalized spacial score (nSPS) is 12.1. The first-order valence-corrected chi connectivity index (χ1v) is 7.90. The van der Waals surface area contributed by atoms with E-state index in [4.69, 9.17) is 0 Å². The summed E-state index contributed by atoms with van der Waals surface area (Å²) in [5, 5.41) is 5.73. The molecule has 0 fully saturated rings. The summed E-state index contributed by atoms with van der Waals surface area (Å²) in [6.45, 7) is 1.63. The van der Waals surface area contributed by atoms with Gasteiger partial charge in [-0.2, -0.15) is 31.4 Å². The second kappa shape index (κ2) is 7.18. The molecule has 29 heavy (non-hydrogen) atoms. The van der Waals surface area contributed by atoms with E-state index >= 15 is 0 Å². The fraction of sp³-hybridized carbons (Fsp3) is 0.176. The van der Waals surface area contributed by atoms with E-state index < -0.39 is 40.9 Å². The second-order valence-corrected chi connectivity index (χ2v) is 5.84. The van der Waals surface area contributed by atoms with Crippen molar-refractivity contribution in [2.75, 3.05) is 5.32 Å². The monoisotopic (exact) mass is 415 g/mol. The lowest BCUT2D eigenvalue weighted by Crippen LogP contribution is -2.21. The molecule has 3 aromatic rings. The number of aryl methyl sites for hydroxylation is 1. The highest BCUT2D eigenvalue weighted by Gasteiger charge is 2.41. The van der Waals surface area contributed by atoms with Gasteiger partial charge in [-0.15, -0.1) is 0 Å². The largest absolute Gasteiger partial charge is 0.434 e. The topological polar surface area (TPSA) is 72.7 Å². The third-order valence-electron chi connectivity index (χ3n) is 3.70. The minimum absolute atomic E-state index is 0.0310. The first-order valence-electron chi connectivity index (χ1n) is 7.90. The minimum atomic E-state index is -5.03. The summed E-state index contributed by atoms with van der Waals surface area (Å²) < 4.78 is 79.0. The Morgan fingerprint density at radius 1 is 1.00 bits per heavy atom. The van der Waals surface area contributed by atoms with Gasteiger partial charge < -0.3 is 5.32 Å². The van der Waals surface area contributed by atoms with Gasteiger partial charge in [0.25, 0.3) is 5.91 Å². The number of halogens is 6. The molecule has 3 aromatic heterocycles. The number of alkyl halides is 6. The quantitative estimate of drug-likeness (QED) is 0.649. The number of aromatic nitrogens is 4. The highest BCUT2D eigenvalue weighted by atomic mass is 19.4. The average Bonchev–Trinajstić information content (AvgIpc) is 3.07. The first-order chi connectivity index (χ1) is 13.5. The van der Waals surface area contributed by atoms with E-state index in [2.05, 4.69) is 20.4 Å². The average molecular weight is 415 g/mol. The summed E-state index contributed by atoms with van der Waals surface area (Å²) in [4.78, 5) is 19.7. The SMILES string of the molecule is Cc1cccc(NC(=O)c2cnn(-c3ccc(C(F)(F)F)cn3)c2C(F)(F)F)n1. The molecule has 152 valence electrons. The third kappa shape index (κ3) is 4.36. The Labute approximate surface area is 159 Å². The number of pyridine rings is 2. The molecule has 0 aliphatic rings. The lowest BCUT2D eigenvalue weighted by molar-refractivity contribution is -0.143. The zero-order chi connectivity index (χ0) is 21.4. The van der Waals surface area contributed by atoms with Gasteiger partial charge in [-0.1, -0.05) is 6.07 Å². The van der Waals surface area contributed by atoms with Crippen molar-refractivity contribution in [2.45, 2.75) is 19.3 Å². The van der Waals surface area contributed by atoms with E-state index in [1.807, 2.05) is 0 Å². The lowest BCUT2D eigenvalue weighted by Gasteiger charge is -2.13. The molecule has 0 unspecified atom stereocenters. The van der Waals surface area contributed by atoms with E-state index in [1.54, 1.807) is 19.1 Å². The molecular weight excluding hydrogens is 404 g/mol. The molecule has 0 bridgehead atoms. The third-order valence-corrected chi connectivity index (χ3v) is 3.70. The number of hydrogen-bond donors (Lipinski definition) is 1. The smallest absolute Gasteiger partial charge is 0.306 e. The summed E-state index contributed by atoms with van der Waals surface area (Å²) in [5.41, 5.74) is -2.91. The van der Waals surface area contributed by atoms with Crippen molar-refractivity contribution in [3.05, 3.63) is 65.2 Å². The zero-order valence-corrected chi connectivity index (χ0v) is 14.5. The van der Waals surface area contributed by atoms with Crippen molar-refractivity contribution in [1.29, 1.82) is 0 Å². The van der Waals surface area contributed by atoms with Gasteiger partial charge >= 0.3 is 12.4 Å². The fourth-order valence-electron chi connectivity index (χ4n) is 2.44. The van der Waals surface area contributed by atoms with Gasteiger partial charge in [0.1, 0.15) is 5.82 Å². The van der Waals surface area contributed by atoms with E-state index in [-0.39, 0.29) is 10.5 Å². The fourth-order valence-corrected chi connectivity index (χ4v) is 2.44. The molecule has 3 rings (SSSR count). The molecule has 0 saturated heterocycles. The van der Waals surface area contributed by atoms with Crippen molar-refractivity contribution in [1.82, 2.24) is 19.7 Å². The molecule has 1 amide bonds. The summed E-state index contributed by atoms with van der Waals surface area (Å²) in [7, 11) is 0. The lowest BCUT2D eigenvalue weighted by atomic mass is 10.2. The van der Waals surface area contributed by atoms with Crippen molar-refractivity contribution < 1.29 is 31.1 Å². The van der Waals surface area contributed by atoms with Crippen LogP contribution in [0.15, 0.2) is 42.7 Å². The number of carbonyl (C=O) groups excluding carboxylic acids is 1. The van der Waals surface area contributed by atoms with Crippen molar-refractivity contribution in [2.24, 2.45) is 0 Å². The Hall–Kier alpha value is -3.44. The molecule has 0 spiro atoms. The first kappa shape index (κ1) is 20.3. The summed E-state index contributed by atoms with van der Waals surface area (Å²) in [6.07, 6.45) is -8.69. The molecule has 0 aliphatic carbocycles. The van der Waals surface area contributed by atoms with Gasteiger partial charge in [0.15, 0.2) is 11.5 Å². The second-order valence-electron chi connectivity index (χ2n) is 5.84. The molecule has 0 aliphatic heterocycles. The van der Waals surface area contributed by atoms with Crippen LogP contribution < -0.4 is 5.32 Å². The van der Waals surface area contributed by atoms with E-state index in [1.165, 1.54) is 6.07 Å². The van der Waals surface area contributed by atoms with Crippen LogP contribution in [0.5, 0.6) is 0 Å². The Bertz CT molecular complexity index is 1040.